The number of rotatable bonds is 11. The van der Waals surface area contributed by atoms with Gasteiger partial charge < -0.3 is 20.4 Å². The molecule has 0 fully saturated rings. The molecule has 0 aliphatic carbocycles. The van der Waals surface area contributed by atoms with Crippen LogP contribution in [-0.2, 0) is 0 Å². The van der Waals surface area contributed by atoms with Crippen molar-refractivity contribution in [1.82, 2.24) is 20.4 Å². The third-order valence-electron chi connectivity index (χ3n) is 2.18. The minimum atomic E-state index is -0.758. The predicted molar refractivity (Wildman–Crippen MR) is 99.2 cm³/mol. The first kappa shape index (κ1) is 20.7. The van der Waals surface area contributed by atoms with Gasteiger partial charge in [-0.2, -0.15) is 0 Å². The molecular formula is C10H14N4O4S6. The van der Waals surface area contributed by atoms with E-state index < -0.39 is 12.2 Å². The van der Waals surface area contributed by atoms with Gasteiger partial charge in [-0.15, -0.1) is 20.4 Å². The molecule has 0 radical (unpaired) electrons. The maximum Gasteiger partial charge on any atom is 0.186 e. The van der Waals surface area contributed by atoms with Gasteiger partial charge in [-0.3, -0.25) is 0 Å². The molecule has 2 aromatic heterocycles. The van der Waals surface area contributed by atoms with Crippen LogP contribution in [0.25, 0.3) is 0 Å². The van der Waals surface area contributed by atoms with Crippen LogP contribution in [0.2, 0.25) is 0 Å². The van der Waals surface area contributed by atoms with Gasteiger partial charge in [-0.05, 0) is 21.6 Å². The largest absolute Gasteiger partial charge is 0.394 e. The Morgan fingerprint density at radius 3 is 1.46 bits per heavy atom. The van der Waals surface area contributed by atoms with E-state index in [1.165, 1.54) is 67.8 Å². The standard InChI is InChI=1S/C10H14N4O4S6/c15-1-5(17)3-19-7-11-13-9(21-7)23-24-10-14-12-8(22-10)20-4-6(18)2-16/h5-6,15-18H,1-4H2. The van der Waals surface area contributed by atoms with E-state index in [1.54, 1.807) is 0 Å². The molecule has 134 valence electrons. The van der Waals surface area contributed by atoms with Gasteiger partial charge in [0.1, 0.15) is 0 Å². The Morgan fingerprint density at radius 1 is 0.708 bits per heavy atom. The predicted octanol–water partition coefficient (Wildman–Crippen LogP) is 1.08. The van der Waals surface area contributed by atoms with Crippen LogP contribution in [-0.4, -0.2) is 77.7 Å². The molecule has 14 heteroatoms. The van der Waals surface area contributed by atoms with E-state index in [2.05, 4.69) is 20.4 Å². The van der Waals surface area contributed by atoms with Gasteiger partial charge in [0.25, 0.3) is 0 Å². The van der Waals surface area contributed by atoms with E-state index in [4.69, 9.17) is 10.2 Å². The summed E-state index contributed by atoms with van der Waals surface area (Å²) in [4.78, 5) is 0. The maximum absolute atomic E-state index is 9.31. The van der Waals surface area contributed by atoms with Crippen LogP contribution in [0.5, 0.6) is 0 Å². The summed E-state index contributed by atoms with van der Waals surface area (Å²) < 4.78 is 3.00. The van der Waals surface area contributed by atoms with Gasteiger partial charge in [0.2, 0.25) is 0 Å². The lowest BCUT2D eigenvalue weighted by Gasteiger charge is -2.02. The van der Waals surface area contributed by atoms with Crippen LogP contribution in [0.15, 0.2) is 17.4 Å². The van der Waals surface area contributed by atoms with Crippen LogP contribution >= 0.6 is 67.8 Å². The van der Waals surface area contributed by atoms with E-state index >= 15 is 0 Å². The smallest absolute Gasteiger partial charge is 0.186 e. The summed E-state index contributed by atoms with van der Waals surface area (Å²) in [6.45, 7) is -0.536. The number of hydrogen-bond acceptors (Lipinski definition) is 14. The summed E-state index contributed by atoms with van der Waals surface area (Å²) in [7, 11) is 2.84. The molecule has 2 unspecified atom stereocenters. The van der Waals surface area contributed by atoms with Crippen LogP contribution in [0.1, 0.15) is 0 Å². The third-order valence-corrected chi connectivity index (χ3v) is 9.53. The highest BCUT2D eigenvalue weighted by atomic mass is 33.1. The van der Waals surface area contributed by atoms with Crippen LogP contribution in [0, 0.1) is 0 Å². The van der Waals surface area contributed by atoms with Gasteiger partial charge in [0, 0.05) is 11.5 Å². The number of aliphatic hydroxyl groups is 4. The zero-order chi connectivity index (χ0) is 17.4. The molecule has 2 atom stereocenters. The normalized spacial score (nSPS) is 14.0. The fourth-order valence-electron chi connectivity index (χ4n) is 1.09. The molecule has 0 spiro atoms. The molecule has 2 aromatic rings. The first-order valence-corrected chi connectivity index (χ1v) is 12.2. The lowest BCUT2D eigenvalue weighted by molar-refractivity contribution is 0.113. The van der Waals surface area contributed by atoms with Crippen molar-refractivity contribution in [2.24, 2.45) is 0 Å². The fraction of sp³-hybridized carbons (Fsp3) is 0.600. The molecule has 2 rings (SSSR count). The molecule has 0 bridgehead atoms. The SMILES string of the molecule is OCC(O)CSc1nnc(SSc2nnc(SCC(O)CO)s2)s1. The highest BCUT2D eigenvalue weighted by molar-refractivity contribution is 8.77. The number of nitrogens with zero attached hydrogens (tertiary/aromatic N) is 4. The molecule has 2 heterocycles. The van der Waals surface area contributed by atoms with E-state index in [0.717, 1.165) is 17.4 Å². The van der Waals surface area contributed by atoms with Crippen molar-refractivity contribution in [2.75, 3.05) is 24.7 Å². The van der Waals surface area contributed by atoms with Gasteiger partial charge in [0.05, 0.1) is 25.4 Å². The van der Waals surface area contributed by atoms with E-state index in [-0.39, 0.29) is 13.2 Å². The first-order valence-electron chi connectivity index (χ1n) is 6.45. The van der Waals surface area contributed by atoms with Crippen molar-refractivity contribution in [3.63, 3.8) is 0 Å². The van der Waals surface area contributed by atoms with Crippen molar-refractivity contribution in [3.05, 3.63) is 0 Å². The number of aliphatic hydroxyl groups excluding tert-OH is 4. The molecule has 8 nitrogen and oxygen atoms in total. The lowest BCUT2D eigenvalue weighted by Crippen LogP contribution is -2.14. The van der Waals surface area contributed by atoms with E-state index in [1.807, 2.05) is 0 Å². The average molecular weight is 447 g/mol. The molecule has 0 aliphatic rings. The Labute approximate surface area is 162 Å². The molecule has 0 saturated carbocycles. The van der Waals surface area contributed by atoms with Gasteiger partial charge in [-0.25, -0.2) is 0 Å². The van der Waals surface area contributed by atoms with Crippen LogP contribution in [0.4, 0.5) is 0 Å². The topological polar surface area (TPSA) is 132 Å². The van der Waals surface area contributed by atoms with Gasteiger partial charge in [-0.1, -0.05) is 46.2 Å². The first-order chi connectivity index (χ1) is 11.6. The van der Waals surface area contributed by atoms with Gasteiger partial charge in [0.15, 0.2) is 17.4 Å². The quantitative estimate of drug-likeness (QED) is 0.291. The lowest BCUT2D eigenvalue weighted by atomic mass is 10.4. The van der Waals surface area contributed by atoms with Gasteiger partial charge >= 0.3 is 0 Å². The molecule has 0 saturated heterocycles. The zero-order valence-corrected chi connectivity index (χ0v) is 16.9. The molecule has 4 N–H and O–H groups in total. The summed E-state index contributed by atoms with van der Waals surface area (Å²) >= 11 is 5.52. The Kier molecular flexibility index (Phi) is 9.61. The fourth-order valence-corrected chi connectivity index (χ4v) is 7.35. The highest BCUT2D eigenvalue weighted by Gasteiger charge is 2.12. The zero-order valence-electron chi connectivity index (χ0n) is 12.0. The number of hydrogen-bond donors (Lipinski definition) is 4. The molecule has 24 heavy (non-hydrogen) atoms. The van der Waals surface area contributed by atoms with Crippen molar-refractivity contribution in [2.45, 2.75) is 29.6 Å². The summed E-state index contributed by atoms with van der Waals surface area (Å²) in [5.74, 6) is 0.749. The minimum absolute atomic E-state index is 0.268. The maximum atomic E-state index is 9.31. The van der Waals surface area contributed by atoms with Crippen LogP contribution in [0.3, 0.4) is 0 Å². The average Bonchev–Trinajstić information content (AvgIpc) is 3.24. The van der Waals surface area contributed by atoms with E-state index in [0.29, 0.717) is 11.5 Å². The van der Waals surface area contributed by atoms with E-state index in [9.17, 15) is 10.2 Å². The van der Waals surface area contributed by atoms with Crippen molar-refractivity contribution in [3.8, 4) is 0 Å². The molecule has 0 amide bonds. The van der Waals surface area contributed by atoms with Crippen LogP contribution < -0.4 is 0 Å². The minimum Gasteiger partial charge on any atom is -0.394 e. The Morgan fingerprint density at radius 2 is 1.08 bits per heavy atom. The second kappa shape index (κ2) is 11.2. The Bertz CT molecular complexity index is 561. The summed E-state index contributed by atoms with van der Waals surface area (Å²) in [6.07, 6.45) is -1.52. The Balaban J connectivity index is 1.75. The van der Waals surface area contributed by atoms with Crippen molar-refractivity contribution < 1.29 is 20.4 Å². The Hall–Kier alpha value is 0.360. The monoisotopic (exact) mass is 446 g/mol. The molecule has 0 aliphatic heterocycles. The van der Waals surface area contributed by atoms with Crippen molar-refractivity contribution >= 4 is 67.8 Å². The highest BCUT2D eigenvalue weighted by Crippen LogP contribution is 2.42. The van der Waals surface area contributed by atoms with Crippen molar-refractivity contribution in [1.29, 1.82) is 0 Å². The number of aromatic nitrogens is 4. The summed E-state index contributed by atoms with van der Waals surface area (Å²) in [5, 5.41) is 52.3. The second-order valence-corrected chi connectivity index (χ2v) is 11.2. The summed E-state index contributed by atoms with van der Waals surface area (Å²) in [5.41, 5.74) is 0. The summed E-state index contributed by atoms with van der Waals surface area (Å²) in [6, 6.07) is 0. The second-order valence-electron chi connectivity index (χ2n) is 4.13. The third kappa shape index (κ3) is 7.31. The number of thioether (sulfide) groups is 2. The molecular weight excluding hydrogens is 433 g/mol. The molecule has 0 aromatic carbocycles.